The molecule has 1 aromatic carbocycles. The van der Waals surface area contributed by atoms with Crippen LogP contribution in [0.4, 0.5) is 0 Å². The van der Waals surface area contributed by atoms with Crippen LogP contribution < -0.4 is 0 Å². The lowest BCUT2D eigenvalue weighted by Crippen LogP contribution is -2.35. The molecule has 7 heteroatoms. The van der Waals surface area contributed by atoms with Crippen molar-refractivity contribution < 1.29 is 22.7 Å². The fourth-order valence-corrected chi connectivity index (χ4v) is 3.79. The van der Waals surface area contributed by atoms with Gasteiger partial charge in [0.2, 0.25) is 10.0 Å². The molecule has 0 heterocycles. The molecule has 1 aliphatic rings. The van der Waals surface area contributed by atoms with Gasteiger partial charge in [-0.3, -0.25) is 0 Å². The second-order valence-corrected chi connectivity index (χ2v) is 6.75. The van der Waals surface area contributed by atoms with Gasteiger partial charge >= 0.3 is 5.97 Å². The van der Waals surface area contributed by atoms with Crippen LogP contribution in [0.2, 0.25) is 0 Å². The first-order valence-corrected chi connectivity index (χ1v) is 8.14. The van der Waals surface area contributed by atoms with E-state index >= 15 is 0 Å². The van der Waals surface area contributed by atoms with Crippen molar-refractivity contribution in [1.29, 1.82) is 0 Å². The minimum absolute atomic E-state index is 0.0342. The number of carbonyl (C=O) groups is 1. The molecule has 0 saturated heterocycles. The largest absolute Gasteiger partial charge is 0.465 e. The number of hydrogen-bond donors (Lipinski definition) is 0. The topological polar surface area (TPSA) is 72.9 Å². The summed E-state index contributed by atoms with van der Waals surface area (Å²) in [6, 6.07) is 5.95. The summed E-state index contributed by atoms with van der Waals surface area (Å²) in [6.45, 7) is 0.651. The molecule has 2 rings (SSSR count). The van der Waals surface area contributed by atoms with Crippen molar-refractivity contribution in [1.82, 2.24) is 4.31 Å². The summed E-state index contributed by atoms with van der Waals surface area (Å²) < 4.78 is 36.5. The zero-order valence-corrected chi connectivity index (χ0v) is 12.9. The van der Waals surface area contributed by atoms with Crippen molar-refractivity contribution in [2.45, 2.75) is 23.8 Å². The second kappa shape index (κ2) is 6.55. The summed E-state index contributed by atoms with van der Waals surface area (Å²) in [5.74, 6) is -0.554. The smallest absolute Gasteiger partial charge is 0.337 e. The molecule has 6 nitrogen and oxygen atoms in total. The van der Waals surface area contributed by atoms with Crippen molar-refractivity contribution in [2.24, 2.45) is 0 Å². The van der Waals surface area contributed by atoms with E-state index in [1.807, 2.05) is 0 Å². The van der Waals surface area contributed by atoms with E-state index < -0.39 is 16.0 Å². The first kappa shape index (κ1) is 15.9. The van der Waals surface area contributed by atoms with E-state index in [9.17, 15) is 13.2 Å². The van der Waals surface area contributed by atoms with Gasteiger partial charge in [0.05, 0.1) is 24.2 Å². The first-order valence-electron chi connectivity index (χ1n) is 6.70. The van der Waals surface area contributed by atoms with Gasteiger partial charge in [-0.05, 0) is 31.0 Å². The van der Waals surface area contributed by atoms with E-state index in [2.05, 4.69) is 4.74 Å². The number of sulfonamides is 1. The van der Waals surface area contributed by atoms with Crippen LogP contribution in [0, 0.1) is 0 Å². The molecule has 0 amide bonds. The van der Waals surface area contributed by atoms with Crippen LogP contribution in [0.3, 0.4) is 0 Å². The molecule has 0 bridgehead atoms. The number of carbonyl (C=O) groups excluding carboxylic acids is 1. The molecule has 116 valence electrons. The molecule has 0 radical (unpaired) electrons. The molecule has 0 unspecified atom stereocenters. The third kappa shape index (κ3) is 3.61. The van der Waals surface area contributed by atoms with Gasteiger partial charge in [-0.15, -0.1) is 0 Å². The van der Waals surface area contributed by atoms with Crippen LogP contribution in [0.15, 0.2) is 29.2 Å². The van der Waals surface area contributed by atoms with Crippen LogP contribution in [-0.4, -0.2) is 52.1 Å². The molecular weight excluding hydrogens is 294 g/mol. The summed E-state index contributed by atoms with van der Waals surface area (Å²) in [5, 5.41) is 0. The molecular formula is C14H19NO5S. The summed E-state index contributed by atoms with van der Waals surface area (Å²) in [6.07, 6.45) is 1.72. The minimum Gasteiger partial charge on any atom is -0.465 e. The van der Waals surface area contributed by atoms with Crippen LogP contribution in [0.1, 0.15) is 23.2 Å². The Balaban J connectivity index is 2.31. The van der Waals surface area contributed by atoms with Crippen molar-refractivity contribution in [2.75, 3.05) is 27.4 Å². The van der Waals surface area contributed by atoms with Crippen LogP contribution in [0.25, 0.3) is 0 Å². The summed E-state index contributed by atoms with van der Waals surface area (Å²) in [5.41, 5.74) is 0.223. The lowest BCUT2D eigenvalue weighted by atomic mass is 10.2. The van der Waals surface area contributed by atoms with E-state index in [-0.39, 0.29) is 16.5 Å². The predicted octanol–water partition coefficient (Wildman–Crippen LogP) is 1.27. The molecule has 1 saturated carbocycles. The Labute approximate surface area is 124 Å². The highest BCUT2D eigenvalue weighted by atomic mass is 32.2. The van der Waals surface area contributed by atoms with Gasteiger partial charge in [0.15, 0.2) is 0 Å². The molecule has 0 aromatic heterocycles. The van der Waals surface area contributed by atoms with Gasteiger partial charge in [0.1, 0.15) is 0 Å². The van der Waals surface area contributed by atoms with Gasteiger partial charge in [0.25, 0.3) is 0 Å². The Morgan fingerprint density at radius 2 is 2.05 bits per heavy atom. The fraction of sp³-hybridized carbons (Fsp3) is 0.500. The van der Waals surface area contributed by atoms with Gasteiger partial charge < -0.3 is 9.47 Å². The molecule has 0 atom stereocenters. The highest BCUT2D eigenvalue weighted by Crippen LogP contribution is 2.32. The quantitative estimate of drug-likeness (QED) is 0.709. The summed E-state index contributed by atoms with van der Waals surface area (Å²) in [4.78, 5) is 11.6. The number of hydrogen-bond acceptors (Lipinski definition) is 5. The first-order chi connectivity index (χ1) is 10.0. The monoisotopic (exact) mass is 313 g/mol. The maximum absolute atomic E-state index is 12.7. The lowest BCUT2D eigenvalue weighted by molar-refractivity contribution is 0.0600. The van der Waals surface area contributed by atoms with E-state index in [0.29, 0.717) is 13.2 Å². The molecule has 0 aliphatic heterocycles. The molecule has 0 N–H and O–H groups in total. The van der Waals surface area contributed by atoms with Crippen LogP contribution in [0.5, 0.6) is 0 Å². The van der Waals surface area contributed by atoms with Crippen molar-refractivity contribution >= 4 is 16.0 Å². The van der Waals surface area contributed by atoms with Crippen LogP contribution in [-0.2, 0) is 19.5 Å². The van der Waals surface area contributed by atoms with Crippen molar-refractivity contribution in [3.05, 3.63) is 29.8 Å². The van der Waals surface area contributed by atoms with E-state index in [4.69, 9.17) is 4.74 Å². The van der Waals surface area contributed by atoms with Gasteiger partial charge in [-0.25, -0.2) is 13.2 Å². The van der Waals surface area contributed by atoms with Crippen molar-refractivity contribution in [3.8, 4) is 0 Å². The number of nitrogens with zero attached hydrogens (tertiary/aromatic N) is 1. The predicted molar refractivity (Wildman–Crippen MR) is 76.6 cm³/mol. The minimum atomic E-state index is -3.63. The van der Waals surface area contributed by atoms with Gasteiger partial charge in [0, 0.05) is 19.7 Å². The zero-order valence-electron chi connectivity index (χ0n) is 12.1. The molecule has 1 fully saturated rings. The average Bonchev–Trinajstić information content (AvgIpc) is 3.31. The average molecular weight is 313 g/mol. The lowest BCUT2D eigenvalue weighted by Gasteiger charge is -2.21. The number of ether oxygens (including phenoxy) is 2. The summed E-state index contributed by atoms with van der Waals surface area (Å²) >= 11 is 0. The Hall–Kier alpha value is -1.44. The normalized spacial score (nSPS) is 15.2. The Morgan fingerprint density at radius 3 is 2.62 bits per heavy atom. The zero-order chi connectivity index (χ0) is 15.5. The van der Waals surface area contributed by atoms with Gasteiger partial charge in [-0.1, -0.05) is 6.07 Å². The molecule has 1 aliphatic carbocycles. The highest BCUT2D eigenvalue weighted by molar-refractivity contribution is 7.89. The maximum Gasteiger partial charge on any atom is 0.337 e. The van der Waals surface area contributed by atoms with Crippen molar-refractivity contribution in [3.63, 3.8) is 0 Å². The fourth-order valence-electron chi connectivity index (χ4n) is 2.08. The summed E-state index contributed by atoms with van der Waals surface area (Å²) in [7, 11) is -0.829. The number of rotatable bonds is 7. The number of benzene rings is 1. The number of methoxy groups -OCH3 is 2. The Bertz CT molecular complexity index is 610. The number of esters is 1. The van der Waals surface area contributed by atoms with E-state index in [0.717, 1.165) is 12.8 Å². The molecule has 1 aromatic rings. The Kier molecular flexibility index (Phi) is 4.97. The molecule has 0 spiro atoms. The molecule has 21 heavy (non-hydrogen) atoms. The SMILES string of the molecule is COCCN(C1CC1)S(=O)(=O)c1cccc(C(=O)OC)c1. The van der Waals surface area contributed by atoms with E-state index in [1.165, 1.54) is 36.7 Å². The second-order valence-electron chi connectivity index (χ2n) is 4.86. The van der Waals surface area contributed by atoms with Crippen LogP contribution >= 0.6 is 0 Å². The van der Waals surface area contributed by atoms with E-state index in [1.54, 1.807) is 6.07 Å². The highest BCUT2D eigenvalue weighted by Gasteiger charge is 2.37. The van der Waals surface area contributed by atoms with Gasteiger partial charge in [-0.2, -0.15) is 4.31 Å². The maximum atomic E-state index is 12.7. The third-order valence-electron chi connectivity index (χ3n) is 3.33. The Morgan fingerprint density at radius 1 is 1.33 bits per heavy atom. The standard InChI is InChI=1S/C14H19NO5S/c1-19-9-8-15(12-6-7-12)21(17,18)13-5-3-4-11(10-13)14(16)20-2/h3-5,10,12H,6-9H2,1-2H3. The third-order valence-corrected chi connectivity index (χ3v) is 5.28.